The quantitative estimate of drug-likeness (QED) is 0.375. The topological polar surface area (TPSA) is 105 Å². The molecular weight excluding hydrogens is 468 g/mol. The zero-order valence-electron chi connectivity index (χ0n) is 19.1. The Bertz CT molecular complexity index is 1230. The fraction of sp³-hybridized carbons (Fsp3) is 0.222. The summed E-state index contributed by atoms with van der Waals surface area (Å²) in [5.74, 6) is -1.86. The van der Waals surface area contributed by atoms with Crippen molar-refractivity contribution in [2.75, 3.05) is 11.9 Å². The van der Waals surface area contributed by atoms with E-state index < -0.39 is 24.0 Å². The number of carboxylic acid groups (broad SMARTS) is 1. The summed E-state index contributed by atoms with van der Waals surface area (Å²) in [5.41, 5.74) is 4.39. The van der Waals surface area contributed by atoms with E-state index in [-0.39, 0.29) is 28.8 Å². The molecule has 0 aliphatic heterocycles. The Morgan fingerprint density at radius 1 is 1.00 bits per heavy atom. The van der Waals surface area contributed by atoms with E-state index in [0.717, 1.165) is 22.3 Å². The minimum absolute atomic E-state index is 0.0983. The standard InChI is InChI=1S/C27H25ClN2O5/c1-2-7-24(25(31)29-23-13-12-16(28)14-21(23)26(32)33)30-27(34)35-15-22-19-10-5-3-8-17(19)18-9-4-6-11-20(18)22/h3-6,8-14,22,24H,2,7,15H2,1H3,(H,29,31)(H,30,34)(H,32,33). The maximum atomic E-state index is 12.9. The van der Waals surface area contributed by atoms with Crippen LogP contribution in [0.4, 0.5) is 10.5 Å². The first-order chi connectivity index (χ1) is 16.9. The number of benzene rings is 3. The smallest absolute Gasteiger partial charge is 0.407 e. The molecule has 0 saturated heterocycles. The van der Waals surface area contributed by atoms with Gasteiger partial charge >= 0.3 is 12.1 Å². The molecule has 180 valence electrons. The molecule has 0 bridgehead atoms. The number of fused-ring (bicyclic) bond motifs is 3. The molecule has 0 radical (unpaired) electrons. The lowest BCUT2D eigenvalue weighted by molar-refractivity contribution is -0.118. The third-order valence-corrected chi connectivity index (χ3v) is 6.23. The molecule has 4 rings (SSSR count). The molecule has 35 heavy (non-hydrogen) atoms. The summed E-state index contributed by atoms with van der Waals surface area (Å²) in [6.07, 6.45) is 0.259. The zero-order chi connectivity index (χ0) is 24.9. The molecule has 3 aromatic rings. The molecule has 1 aliphatic rings. The molecule has 0 aromatic heterocycles. The van der Waals surface area contributed by atoms with E-state index in [2.05, 4.69) is 22.8 Å². The second kappa shape index (κ2) is 10.6. The van der Waals surface area contributed by atoms with Crippen molar-refractivity contribution in [2.24, 2.45) is 0 Å². The number of ether oxygens (including phenoxy) is 1. The van der Waals surface area contributed by atoms with Gasteiger partial charge in [0.05, 0.1) is 11.3 Å². The number of halogens is 1. The van der Waals surface area contributed by atoms with Gasteiger partial charge in [0.1, 0.15) is 12.6 Å². The van der Waals surface area contributed by atoms with Crippen molar-refractivity contribution in [2.45, 2.75) is 31.7 Å². The van der Waals surface area contributed by atoms with Crippen LogP contribution in [-0.2, 0) is 9.53 Å². The van der Waals surface area contributed by atoms with Gasteiger partial charge in [0.25, 0.3) is 0 Å². The molecule has 7 nitrogen and oxygen atoms in total. The summed E-state index contributed by atoms with van der Waals surface area (Å²) in [6.45, 7) is 2.01. The van der Waals surface area contributed by atoms with Gasteiger partial charge < -0.3 is 20.5 Å². The normalized spacial score (nSPS) is 12.9. The first-order valence-corrected chi connectivity index (χ1v) is 11.7. The lowest BCUT2D eigenvalue weighted by atomic mass is 9.98. The third-order valence-electron chi connectivity index (χ3n) is 6.00. The van der Waals surface area contributed by atoms with E-state index >= 15 is 0 Å². The molecule has 3 aromatic carbocycles. The second-order valence-electron chi connectivity index (χ2n) is 8.30. The highest BCUT2D eigenvalue weighted by molar-refractivity contribution is 6.31. The summed E-state index contributed by atoms with van der Waals surface area (Å²) in [7, 11) is 0. The van der Waals surface area contributed by atoms with Gasteiger partial charge in [-0.25, -0.2) is 9.59 Å². The number of aromatic carboxylic acids is 1. The third kappa shape index (κ3) is 5.30. The number of carbonyl (C=O) groups is 3. The minimum Gasteiger partial charge on any atom is -0.478 e. The predicted molar refractivity (Wildman–Crippen MR) is 134 cm³/mol. The second-order valence-corrected chi connectivity index (χ2v) is 8.73. The van der Waals surface area contributed by atoms with E-state index in [4.69, 9.17) is 16.3 Å². The summed E-state index contributed by atoms with van der Waals surface area (Å²) in [5, 5.41) is 14.8. The van der Waals surface area contributed by atoms with Gasteiger partial charge in [-0.1, -0.05) is 73.5 Å². The van der Waals surface area contributed by atoms with E-state index in [0.29, 0.717) is 12.8 Å². The Morgan fingerprint density at radius 3 is 2.23 bits per heavy atom. The zero-order valence-corrected chi connectivity index (χ0v) is 19.8. The number of alkyl carbamates (subject to hydrolysis) is 1. The number of rotatable bonds is 8. The number of carboxylic acids is 1. The number of anilines is 1. The van der Waals surface area contributed by atoms with Crippen molar-refractivity contribution < 1.29 is 24.2 Å². The van der Waals surface area contributed by atoms with Crippen LogP contribution in [-0.4, -0.2) is 35.7 Å². The number of carbonyl (C=O) groups excluding carboxylic acids is 2. The van der Waals surface area contributed by atoms with Crippen molar-refractivity contribution in [1.82, 2.24) is 5.32 Å². The van der Waals surface area contributed by atoms with Gasteiger partial charge in [-0.05, 0) is 46.9 Å². The highest BCUT2D eigenvalue weighted by Gasteiger charge is 2.30. The molecule has 8 heteroatoms. The Labute approximate surface area is 208 Å². The monoisotopic (exact) mass is 492 g/mol. The lowest BCUT2D eigenvalue weighted by Gasteiger charge is -2.20. The van der Waals surface area contributed by atoms with E-state index in [1.807, 2.05) is 43.3 Å². The Kier molecular flexibility index (Phi) is 7.36. The van der Waals surface area contributed by atoms with Crippen LogP contribution in [0, 0.1) is 0 Å². The summed E-state index contributed by atoms with van der Waals surface area (Å²) >= 11 is 5.88. The molecule has 1 aliphatic carbocycles. The highest BCUT2D eigenvalue weighted by Crippen LogP contribution is 2.44. The van der Waals surface area contributed by atoms with E-state index in [1.165, 1.54) is 18.2 Å². The van der Waals surface area contributed by atoms with Gasteiger partial charge in [-0.3, -0.25) is 4.79 Å². The van der Waals surface area contributed by atoms with Crippen LogP contribution in [0.2, 0.25) is 5.02 Å². The molecule has 0 saturated carbocycles. The van der Waals surface area contributed by atoms with Crippen molar-refractivity contribution in [3.63, 3.8) is 0 Å². The van der Waals surface area contributed by atoms with Crippen LogP contribution >= 0.6 is 11.6 Å². The molecule has 0 spiro atoms. The number of nitrogens with one attached hydrogen (secondary N) is 2. The first-order valence-electron chi connectivity index (χ1n) is 11.3. The van der Waals surface area contributed by atoms with Crippen LogP contribution in [0.3, 0.4) is 0 Å². The highest BCUT2D eigenvalue weighted by atomic mass is 35.5. The van der Waals surface area contributed by atoms with Crippen LogP contribution in [0.25, 0.3) is 11.1 Å². The average Bonchev–Trinajstić information content (AvgIpc) is 3.17. The fourth-order valence-electron chi connectivity index (χ4n) is 4.36. The Hall–Kier alpha value is -3.84. The molecule has 3 N–H and O–H groups in total. The van der Waals surface area contributed by atoms with Crippen molar-refractivity contribution >= 4 is 35.3 Å². The molecule has 0 fully saturated rings. The van der Waals surface area contributed by atoms with Gasteiger partial charge in [-0.2, -0.15) is 0 Å². The number of hydrogen-bond acceptors (Lipinski definition) is 4. The fourth-order valence-corrected chi connectivity index (χ4v) is 4.53. The average molecular weight is 493 g/mol. The molecule has 0 heterocycles. The summed E-state index contributed by atoms with van der Waals surface area (Å²) in [4.78, 5) is 37.1. The Balaban J connectivity index is 1.43. The maximum Gasteiger partial charge on any atom is 0.407 e. The Morgan fingerprint density at radius 2 is 1.63 bits per heavy atom. The van der Waals surface area contributed by atoms with E-state index in [1.54, 1.807) is 0 Å². The molecule has 2 amide bonds. The van der Waals surface area contributed by atoms with Gasteiger partial charge in [-0.15, -0.1) is 0 Å². The van der Waals surface area contributed by atoms with Crippen LogP contribution in [0.1, 0.15) is 47.2 Å². The number of hydrogen-bond donors (Lipinski definition) is 3. The van der Waals surface area contributed by atoms with Crippen molar-refractivity contribution in [3.05, 3.63) is 88.4 Å². The summed E-state index contributed by atoms with van der Waals surface area (Å²) < 4.78 is 5.55. The van der Waals surface area contributed by atoms with Gasteiger partial charge in [0.15, 0.2) is 0 Å². The molecule has 1 atom stereocenters. The van der Waals surface area contributed by atoms with Crippen LogP contribution < -0.4 is 10.6 Å². The largest absolute Gasteiger partial charge is 0.478 e. The first kappa shape index (κ1) is 24.3. The van der Waals surface area contributed by atoms with E-state index in [9.17, 15) is 19.5 Å². The summed E-state index contributed by atoms with van der Waals surface area (Å²) in [6, 6.07) is 19.3. The van der Waals surface area contributed by atoms with Crippen molar-refractivity contribution in [3.8, 4) is 11.1 Å². The van der Waals surface area contributed by atoms with Crippen LogP contribution in [0.5, 0.6) is 0 Å². The minimum atomic E-state index is -1.22. The van der Waals surface area contributed by atoms with Crippen molar-refractivity contribution in [1.29, 1.82) is 0 Å². The number of amides is 2. The van der Waals surface area contributed by atoms with Gasteiger partial charge in [0.2, 0.25) is 5.91 Å². The predicted octanol–water partition coefficient (Wildman–Crippen LogP) is 5.68. The van der Waals surface area contributed by atoms with Crippen LogP contribution in [0.15, 0.2) is 66.7 Å². The molecule has 1 unspecified atom stereocenters. The van der Waals surface area contributed by atoms with Gasteiger partial charge in [0, 0.05) is 10.9 Å². The molecular formula is C27H25ClN2O5. The SMILES string of the molecule is CCCC(NC(=O)OCC1c2ccccc2-c2ccccc21)C(=O)Nc1ccc(Cl)cc1C(=O)O. The lowest BCUT2D eigenvalue weighted by Crippen LogP contribution is -2.44. The maximum absolute atomic E-state index is 12.9.